The lowest BCUT2D eigenvalue weighted by Crippen LogP contribution is -2.55. The van der Waals surface area contributed by atoms with Crippen molar-refractivity contribution in [1.29, 1.82) is 0 Å². The molecule has 2 amide bonds. The quantitative estimate of drug-likeness (QED) is 0.832. The molecule has 2 aliphatic heterocycles. The Morgan fingerprint density at radius 1 is 1.22 bits per heavy atom. The summed E-state index contributed by atoms with van der Waals surface area (Å²) in [6.45, 7) is 0.749. The van der Waals surface area contributed by atoms with Crippen molar-refractivity contribution in [3.05, 3.63) is 29.3 Å². The van der Waals surface area contributed by atoms with E-state index in [0.717, 1.165) is 11.1 Å². The average molecular weight is 330 g/mol. The molecule has 0 radical (unpaired) electrons. The van der Waals surface area contributed by atoms with Gasteiger partial charge in [0.2, 0.25) is 0 Å². The van der Waals surface area contributed by atoms with Gasteiger partial charge in [-0.15, -0.1) is 0 Å². The van der Waals surface area contributed by atoms with Crippen molar-refractivity contribution in [1.82, 2.24) is 4.90 Å². The highest BCUT2D eigenvalue weighted by Gasteiger charge is 2.54. The summed E-state index contributed by atoms with van der Waals surface area (Å²) >= 11 is 0. The van der Waals surface area contributed by atoms with E-state index in [9.17, 15) is 23.1 Å². The van der Waals surface area contributed by atoms with E-state index in [4.69, 9.17) is 4.74 Å². The van der Waals surface area contributed by atoms with Crippen molar-refractivity contribution >= 4 is 11.7 Å². The van der Waals surface area contributed by atoms with E-state index < -0.39 is 30.7 Å². The number of piperidine rings is 1. The van der Waals surface area contributed by atoms with Gasteiger partial charge in [0.1, 0.15) is 0 Å². The second-order valence-corrected chi connectivity index (χ2v) is 5.92. The summed E-state index contributed by atoms with van der Waals surface area (Å²) in [5.41, 5.74) is -0.0608. The Balaban J connectivity index is 1.60. The normalized spacial score (nSPS) is 20.3. The minimum Gasteiger partial charge on any atom is -0.380 e. The number of amides is 2. The standard InChI is InChI=1S/C15H17F3N2O3/c16-15(17,18)14(22)3-5-20(6-4-14)13(21)19-12-2-1-10-8-23-9-11(10)7-12/h1-2,7,22H,3-6,8-9H2,(H,19,21). The van der Waals surface area contributed by atoms with Crippen molar-refractivity contribution in [2.24, 2.45) is 0 Å². The second kappa shape index (κ2) is 5.68. The molecule has 0 aliphatic carbocycles. The Labute approximate surface area is 131 Å². The van der Waals surface area contributed by atoms with Gasteiger partial charge in [-0.25, -0.2) is 4.79 Å². The zero-order valence-corrected chi connectivity index (χ0v) is 12.3. The fraction of sp³-hybridized carbons (Fsp3) is 0.533. The zero-order valence-electron chi connectivity index (χ0n) is 12.3. The summed E-state index contributed by atoms with van der Waals surface area (Å²) in [7, 11) is 0. The van der Waals surface area contributed by atoms with Crippen molar-refractivity contribution in [2.75, 3.05) is 18.4 Å². The number of halogens is 3. The molecule has 0 saturated carbocycles. The van der Waals surface area contributed by atoms with Crippen LogP contribution in [0.4, 0.5) is 23.7 Å². The van der Waals surface area contributed by atoms with Crippen LogP contribution >= 0.6 is 0 Å². The molecule has 1 saturated heterocycles. The first-order valence-corrected chi connectivity index (χ1v) is 7.33. The Morgan fingerprint density at radius 3 is 2.52 bits per heavy atom. The van der Waals surface area contributed by atoms with E-state index >= 15 is 0 Å². The van der Waals surface area contributed by atoms with Gasteiger partial charge in [0.25, 0.3) is 0 Å². The van der Waals surface area contributed by atoms with Crippen LogP contribution < -0.4 is 5.32 Å². The second-order valence-electron chi connectivity index (χ2n) is 5.92. The molecular formula is C15H17F3N2O3. The Kier molecular flexibility index (Phi) is 3.97. The number of hydrogen-bond donors (Lipinski definition) is 2. The van der Waals surface area contributed by atoms with E-state index in [-0.39, 0.29) is 13.1 Å². The minimum absolute atomic E-state index is 0.143. The number of carbonyl (C=O) groups is 1. The number of urea groups is 1. The van der Waals surface area contributed by atoms with Crippen LogP contribution in [0.25, 0.3) is 0 Å². The topological polar surface area (TPSA) is 61.8 Å². The van der Waals surface area contributed by atoms with Gasteiger partial charge in [0.15, 0.2) is 5.60 Å². The third-order valence-corrected chi connectivity index (χ3v) is 4.38. The number of aliphatic hydroxyl groups is 1. The maximum absolute atomic E-state index is 12.7. The molecule has 1 aromatic rings. The van der Waals surface area contributed by atoms with Gasteiger partial charge in [-0.1, -0.05) is 6.07 Å². The molecule has 0 bridgehead atoms. The van der Waals surface area contributed by atoms with Gasteiger partial charge in [-0.05, 0) is 23.3 Å². The lowest BCUT2D eigenvalue weighted by Gasteiger charge is -2.39. The Bertz CT molecular complexity index is 610. The molecule has 5 nitrogen and oxygen atoms in total. The number of fused-ring (bicyclic) bond motifs is 1. The number of hydrogen-bond acceptors (Lipinski definition) is 3. The molecule has 0 atom stereocenters. The molecule has 0 unspecified atom stereocenters. The molecule has 23 heavy (non-hydrogen) atoms. The van der Waals surface area contributed by atoms with Crippen molar-refractivity contribution in [2.45, 2.75) is 37.8 Å². The minimum atomic E-state index is -4.67. The Hall–Kier alpha value is -1.80. The number of carbonyl (C=O) groups excluding carboxylic acids is 1. The molecule has 126 valence electrons. The smallest absolute Gasteiger partial charge is 0.380 e. The van der Waals surface area contributed by atoms with Crippen LogP contribution in [0.2, 0.25) is 0 Å². The van der Waals surface area contributed by atoms with Gasteiger partial charge < -0.3 is 20.1 Å². The predicted molar refractivity (Wildman–Crippen MR) is 75.8 cm³/mol. The van der Waals surface area contributed by atoms with Gasteiger partial charge in [-0.3, -0.25) is 0 Å². The van der Waals surface area contributed by atoms with Crippen LogP contribution in [0, 0.1) is 0 Å². The summed E-state index contributed by atoms with van der Waals surface area (Å²) in [4.78, 5) is 13.4. The summed E-state index contributed by atoms with van der Waals surface area (Å²) in [6, 6.07) is 4.93. The third kappa shape index (κ3) is 3.13. The van der Waals surface area contributed by atoms with Crippen LogP contribution in [-0.4, -0.2) is 40.9 Å². The highest BCUT2D eigenvalue weighted by atomic mass is 19.4. The predicted octanol–water partition coefficient (Wildman–Crippen LogP) is 2.64. The number of likely N-dealkylation sites (tertiary alicyclic amines) is 1. The monoisotopic (exact) mass is 330 g/mol. The van der Waals surface area contributed by atoms with Crippen molar-refractivity contribution in [3.63, 3.8) is 0 Å². The fourth-order valence-corrected chi connectivity index (χ4v) is 2.82. The van der Waals surface area contributed by atoms with Crippen LogP contribution in [0.15, 0.2) is 18.2 Å². The molecule has 0 spiro atoms. The lowest BCUT2D eigenvalue weighted by molar-refractivity contribution is -0.271. The number of nitrogens with one attached hydrogen (secondary N) is 1. The van der Waals surface area contributed by atoms with Gasteiger partial charge in [0, 0.05) is 31.6 Å². The first-order chi connectivity index (χ1) is 10.8. The first kappa shape index (κ1) is 16.1. The Morgan fingerprint density at radius 2 is 1.87 bits per heavy atom. The van der Waals surface area contributed by atoms with Crippen LogP contribution in [0.1, 0.15) is 24.0 Å². The zero-order chi connectivity index (χ0) is 16.7. The van der Waals surface area contributed by atoms with E-state index in [1.54, 1.807) is 12.1 Å². The number of anilines is 1. The highest BCUT2D eigenvalue weighted by Crippen LogP contribution is 2.38. The molecule has 2 heterocycles. The molecule has 2 aliphatic rings. The number of alkyl halides is 3. The molecular weight excluding hydrogens is 313 g/mol. The summed E-state index contributed by atoms with van der Waals surface area (Å²) < 4.78 is 43.5. The van der Waals surface area contributed by atoms with Crippen molar-refractivity contribution < 1.29 is 27.8 Å². The number of nitrogens with zero attached hydrogens (tertiary/aromatic N) is 1. The summed E-state index contributed by atoms with van der Waals surface area (Å²) in [5, 5.41) is 12.3. The molecule has 3 rings (SSSR count). The molecule has 1 fully saturated rings. The van der Waals surface area contributed by atoms with E-state index in [2.05, 4.69) is 5.32 Å². The van der Waals surface area contributed by atoms with Gasteiger partial charge >= 0.3 is 12.2 Å². The van der Waals surface area contributed by atoms with E-state index in [0.29, 0.717) is 18.9 Å². The molecule has 1 aromatic carbocycles. The number of rotatable bonds is 1. The van der Waals surface area contributed by atoms with Gasteiger partial charge in [0.05, 0.1) is 13.2 Å². The first-order valence-electron chi connectivity index (χ1n) is 7.33. The summed E-state index contributed by atoms with van der Waals surface area (Å²) in [6.07, 6.45) is -5.69. The fourth-order valence-electron chi connectivity index (χ4n) is 2.82. The number of benzene rings is 1. The van der Waals surface area contributed by atoms with Crippen LogP contribution in [0.3, 0.4) is 0 Å². The lowest BCUT2D eigenvalue weighted by atomic mass is 9.91. The van der Waals surface area contributed by atoms with E-state index in [1.807, 2.05) is 6.07 Å². The third-order valence-electron chi connectivity index (χ3n) is 4.38. The average Bonchev–Trinajstić information content (AvgIpc) is 2.94. The largest absolute Gasteiger partial charge is 0.417 e. The van der Waals surface area contributed by atoms with Gasteiger partial charge in [-0.2, -0.15) is 13.2 Å². The molecule has 0 aromatic heterocycles. The molecule has 8 heteroatoms. The maximum Gasteiger partial charge on any atom is 0.417 e. The molecule has 2 N–H and O–H groups in total. The SMILES string of the molecule is O=C(Nc1ccc2c(c1)COC2)N1CCC(O)(C(F)(F)F)CC1. The van der Waals surface area contributed by atoms with Crippen molar-refractivity contribution in [3.8, 4) is 0 Å². The van der Waals surface area contributed by atoms with Crippen LogP contribution in [0.5, 0.6) is 0 Å². The summed E-state index contributed by atoms with van der Waals surface area (Å²) in [5.74, 6) is 0. The highest BCUT2D eigenvalue weighted by molar-refractivity contribution is 5.89. The maximum atomic E-state index is 12.7. The van der Waals surface area contributed by atoms with E-state index in [1.165, 1.54) is 4.90 Å². The van der Waals surface area contributed by atoms with Crippen LogP contribution in [-0.2, 0) is 18.0 Å². The number of ether oxygens (including phenoxy) is 1.